The number of anilines is 1. The minimum Gasteiger partial charge on any atom is -0.493 e. The van der Waals surface area contributed by atoms with E-state index in [-0.39, 0.29) is 36.6 Å². The van der Waals surface area contributed by atoms with Crippen LogP contribution in [0, 0.1) is 5.82 Å². The molecule has 1 atom stereocenters. The summed E-state index contributed by atoms with van der Waals surface area (Å²) in [6.45, 7) is 5.66. The fraction of sp³-hybridized carbons (Fsp3) is 0.364. The molecule has 28 heavy (non-hydrogen) atoms. The highest BCUT2D eigenvalue weighted by atomic mass is 19.1. The van der Waals surface area contributed by atoms with Crippen molar-refractivity contribution in [3.05, 3.63) is 59.4 Å². The minimum atomic E-state index is -0.580. The van der Waals surface area contributed by atoms with Crippen LogP contribution in [0.25, 0.3) is 0 Å². The van der Waals surface area contributed by atoms with E-state index in [9.17, 15) is 14.0 Å². The summed E-state index contributed by atoms with van der Waals surface area (Å²) in [6, 6.07) is 11.4. The molecule has 2 aromatic carbocycles. The van der Waals surface area contributed by atoms with E-state index < -0.39 is 5.60 Å². The lowest BCUT2D eigenvalue weighted by Gasteiger charge is -2.23. The highest BCUT2D eigenvalue weighted by Gasteiger charge is 2.23. The van der Waals surface area contributed by atoms with Gasteiger partial charge in [0.2, 0.25) is 5.91 Å². The molecule has 0 saturated heterocycles. The summed E-state index contributed by atoms with van der Waals surface area (Å²) in [5.74, 6) is -0.418. The molecule has 0 bridgehead atoms. The van der Waals surface area contributed by atoms with Gasteiger partial charge in [-0.1, -0.05) is 18.2 Å². The molecule has 0 saturated carbocycles. The van der Waals surface area contributed by atoms with Crippen LogP contribution in [0.4, 0.5) is 10.1 Å². The first-order valence-corrected chi connectivity index (χ1v) is 9.22. The van der Waals surface area contributed by atoms with Gasteiger partial charge in [0.1, 0.15) is 17.2 Å². The molecular weight excluding hydrogens is 361 g/mol. The van der Waals surface area contributed by atoms with Crippen molar-refractivity contribution < 1.29 is 23.5 Å². The molecule has 0 radical (unpaired) electrons. The molecule has 0 unspecified atom stereocenters. The van der Waals surface area contributed by atoms with E-state index in [4.69, 9.17) is 9.47 Å². The van der Waals surface area contributed by atoms with E-state index >= 15 is 0 Å². The Balaban J connectivity index is 1.72. The molecule has 2 aromatic rings. The number of benzene rings is 2. The second kappa shape index (κ2) is 8.00. The first kappa shape index (κ1) is 19.9. The summed E-state index contributed by atoms with van der Waals surface area (Å²) in [4.78, 5) is 23.8. The van der Waals surface area contributed by atoms with E-state index in [0.717, 1.165) is 16.8 Å². The van der Waals surface area contributed by atoms with Gasteiger partial charge >= 0.3 is 5.97 Å². The molecule has 148 valence electrons. The van der Waals surface area contributed by atoms with Crippen molar-refractivity contribution in [1.82, 2.24) is 0 Å². The highest BCUT2D eigenvalue weighted by molar-refractivity contribution is 5.99. The number of carbonyl (C=O) groups excluding carboxylic acids is 2. The Morgan fingerprint density at radius 1 is 1.18 bits per heavy atom. The molecule has 0 fully saturated rings. The summed E-state index contributed by atoms with van der Waals surface area (Å²) in [6.07, 6.45) is 0.483. The molecule has 1 aliphatic heterocycles. The van der Waals surface area contributed by atoms with Gasteiger partial charge in [-0.25, -0.2) is 4.39 Å². The zero-order valence-corrected chi connectivity index (χ0v) is 16.3. The predicted molar refractivity (Wildman–Crippen MR) is 104 cm³/mol. The molecule has 1 N–H and O–H groups in total. The zero-order chi connectivity index (χ0) is 20.3. The van der Waals surface area contributed by atoms with Crippen LogP contribution in [0.3, 0.4) is 0 Å². The quantitative estimate of drug-likeness (QED) is 0.757. The van der Waals surface area contributed by atoms with Crippen LogP contribution in [0.15, 0.2) is 42.5 Å². The first-order valence-electron chi connectivity index (χ1n) is 9.22. The van der Waals surface area contributed by atoms with Gasteiger partial charge in [0.05, 0.1) is 19.4 Å². The van der Waals surface area contributed by atoms with Gasteiger partial charge < -0.3 is 14.8 Å². The molecule has 1 aliphatic rings. The fourth-order valence-corrected chi connectivity index (χ4v) is 3.07. The third-order valence-corrected chi connectivity index (χ3v) is 4.33. The zero-order valence-electron chi connectivity index (χ0n) is 16.3. The Kier molecular flexibility index (Phi) is 5.68. The maximum atomic E-state index is 13.3. The second-order valence-corrected chi connectivity index (χ2v) is 7.89. The largest absolute Gasteiger partial charge is 0.493 e. The van der Waals surface area contributed by atoms with Crippen molar-refractivity contribution in [1.29, 1.82) is 0 Å². The third-order valence-electron chi connectivity index (χ3n) is 4.33. The average Bonchev–Trinajstić information content (AvgIpc) is 2.97. The number of ether oxygens (including phenoxy) is 2. The fourth-order valence-electron chi connectivity index (χ4n) is 3.07. The Labute approximate surface area is 163 Å². The van der Waals surface area contributed by atoms with Crippen LogP contribution in [-0.2, 0) is 20.7 Å². The van der Waals surface area contributed by atoms with Gasteiger partial charge in [0, 0.05) is 17.7 Å². The maximum Gasteiger partial charge on any atom is 0.307 e. The lowest BCUT2D eigenvalue weighted by atomic mass is 9.96. The summed E-state index contributed by atoms with van der Waals surface area (Å²) < 4.78 is 24.6. The van der Waals surface area contributed by atoms with Crippen LogP contribution in [0.1, 0.15) is 44.2 Å². The maximum absolute atomic E-state index is 13.3. The summed E-state index contributed by atoms with van der Waals surface area (Å²) in [7, 11) is 0. The number of carbonyl (C=O) groups is 2. The van der Waals surface area contributed by atoms with E-state index in [0.29, 0.717) is 12.2 Å². The number of hydrogen-bond donors (Lipinski definition) is 1. The number of rotatable bonds is 6. The number of amides is 1. The highest BCUT2D eigenvalue weighted by Crippen LogP contribution is 2.29. The minimum absolute atomic E-state index is 0.0405. The lowest BCUT2D eigenvalue weighted by Crippen LogP contribution is -2.26. The van der Waals surface area contributed by atoms with Crippen LogP contribution in [0.2, 0.25) is 0 Å². The Bertz CT molecular complexity index is 871. The van der Waals surface area contributed by atoms with Crippen LogP contribution in [0.5, 0.6) is 5.75 Å². The number of hydrogen-bond acceptors (Lipinski definition) is 4. The van der Waals surface area contributed by atoms with Crippen molar-refractivity contribution in [2.75, 3.05) is 11.9 Å². The van der Waals surface area contributed by atoms with Gasteiger partial charge in [-0.15, -0.1) is 0 Å². The van der Waals surface area contributed by atoms with E-state index in [2.05, 4.69) is 5.32 Å². The molecular formula is C22H24FNO4. The molecule has 0 aliphatic carbocycles. The standard InChI is InChI=1S/C22H24FNO4/c1-22(2,3)28-21(26)11-16(14-4-7-17(23)8-5-14)13-27-18-9-6-15-10-20(25)24-19(15)12-18/h4-9,12,16H,10-11,13H2,1-3H3,(H,24,25)/t16-/m0/s1. The molecule has 0 spiro atoms. The SMILES string of the molecule is CC(C)(C)OC(=O)C[C@@H](COc1ccc2c(c1)NC(=O)C2)c1ccc(F)cc1. The smallest absolute Gasteiger partial charge is 0.307 e. The Morgan fingerprint density at radius 3 is 2.57 bits per heavy atom. The van der Waals surface area contributed by atoms with Gasteiger partial charge in [-0.2, -0.15) is 0 Å². The van der Waals surface area contributed by atoms with E-state index in [1.165, 1.54) is 12.1 Å². The molecule has 5 nitrogen and oxygen atoms in total. The monoisotopic (exact) mass is 385 g/mol. The summed E-state index contributed by atoms with van der Waals surface area (Å²) in [5.41, 5.74) is 1.89. The molecule has 3 rings (SSSR count). The van der Waals surface area contributed by atoms with Gasteiger partial charge in [-0.05, 0) is 50.1 Å². The molecule has 1 amide bonds. The lowest BCUT2D eigenvalue weighted by molar-refractivity contribution is -0.155. The molecule has 1 heterocycles. The Morgan fingerprint density at radius 2 is 1.89 bits per heavy atom. The number of halogens is 1. The van der Waals surface area contributed by atoms with Crippen molar-refractivity contribution in [2.45, 2.75) is 45.1 Å². The topological polar surface area (TPSA) is 64.6 Å². The van der Waals surface area contributed by atoms with Crippen molar-refractivity contribution in [2.24, 2.45) is 0 Å². The number of esters is 1. The Hall–Kier alpha value is -2.89. The molecule has 0 aromatic heterocycles. The normalized spacial score (nSPS) is 14.2. The van der Waals surface area contributed by atoms with E-state index in [1.807, 2.05) is 26.8 Å². The van der Waals surface area contributed by atoms with Crippen molar-refractivity contribution in [3.8, 4) is 5.75 Å². The van der Waals surface area contributed by atoms with Gasteiger partial charge in [0.15, 0.2) is 0 Å². The summed E-state index contributed by atoms with van der Waals surface area (Å²) in [5, 5.41) is 2.79. The molecule has 6 heteroatoms. The van der Waals surface area contributed by atoms with Crippen LogP contribution >= 0.6 is 0 Å². The van der Waals surface area contributed by atoms with Gasteiger partial charge in [-0.3, -0.25) is 9.59 Å². The third kappa shape index (κ3) is 5.31. The first-order chi connectivity index (χ1) is 13.2. The second-order valence-electron chi connectivity index (χ2n) is 7.89. The van der Waals surface area contributed by atoms with Crippen LogP contribution in [-0.4, -0.2) is 24.1 Å². The van der Waals surface area contributed by atoms with E-state index in [1.54, 1.807) is 24.3 Å². The predicted octanol–water partition coefficient (Wildman–Crippen LogP) is 4.21. The number of fused-ring (bicyclic) bond motifs is 1. The summed E-state index contributed by atoms with van der Waals surface area (Å²) >= 11 is 0. The van der Waals surface area contributed by atoms with Crippen molar-refractivity contribution in [3.63, 3.8) is 0 Å². The van der Waals surface area contributed by atoms with Crippen molar-refractivity contribution >= 4 is 17.6 Å². The van der Waals surface area contributed by atoms with Gasteiger partial charge in [0.25, 0.3) is 0 Å². The van der Waals surface area contributed by atoms with Crippen LogP contribution < -0.4 is 10.1 Å². The average molecular weight is 385 g/mol. The number of nitrogens with one attached hydrogen (secondary N) is 1.